The maximum Gasteiger partial charge on any atom is 0.130 e. The van der Waals surface area contributed by atoms with Gasteiger partial charge in [-0.3, -0.25) is 0 Å². The summed E-state index contributed by atoms with van der Waals surface area (Å²) in [7, 11) is 1.97. The minimum Gasteiger partial charge on any atom is -0.383 e. The van der Waals surface area contributed by atoms with E-state index < -0.39 is 0 Å². The Morgan fingerprint density at radius 1 is 1.41 bits per heavy atom. The first-order valence-corrected chi connectivity index (χ1v) is 5.65. The molecule has 0 bridgehead atoms. The lowest BCUT2D eigenvalue weighted by Gasteiger charge is -2.19. The Morgan fingerprint density at radius 2 is 2.24 bits per heavy atom. The van der Waals surface area contributed by atoms with E-state index in [0.29, 0.717) is 5.82 Å². The summed E-state index contributed by atoms with van der Waals surface area (Å²) in [5.74, 6) is 1.48. The van der Waals surface area contributed by atoms with E-state index in [1.165, 1.54) is 0 Å². The second-order valence-electron chi connectivity index (χ2n) is 3.86. The van der Waals surface area contributed by atoms with Gasteiger partial charge in [0, 0.05) is 31.2 Å². The molecule has 0 saturated heterocycles. The average Bonchev–Trinajstić information content (AvgIpc) is 2.74. The molecule has 90 valence electrons. The maximum absolute atomic E-state index is 5.92. The summed E-state index contributed by atoms with van der Waals surface area (Å²) < 4.78 is 1.99. The fourth-order valence-corrected chi connectivity index (χ4v) is 1.87. The highest BCUT2D eigenvalue weighted by Crippen LogP contribution is 2.23. The van der Waals surface area contributed by atoms with E-state index in [-0.39, 0.29) is 6.04 Å². The van der Waals surface area contributed by atoms with E-state index >= 15 is 0 Å². The summed E-state index contributed by atoms with van der Waals surface area (Å²) in [5.41, 5.74) is 6.88. The quantitative estimate of drug-likeness (QED) is 0.826. The van der Waals surface area contributed by atoms with Crippen LogP contribution in [0.15, 0.2) is 30.7 Å². The second-order valence-corrected chi connectivity index (χ2v) is 3.86. The van der Waals surface area contributed by atoms with E-state index in [4.69, 9.17) is 5.73 Å². The molecule has 0 aliphatic heterocycles. The molecule has 0 aromatic carbocycles. The van der Waals surface area contributed by atoms with Gasteiger partial charge in [0.1, 0.15) is 11.6 Å². The van der Waals surface area contributed by atoms with Crippen LogP contribution in [-0.4, -0.2) is 21.1 Å². The minimum atomic E-state index is -0.0197. The number of imidazole rings is 1. The van der Waals surface area contributed by atoms with Crippen LogP contribution in [0, 0.1) is 0 Å². The highest BCUT2D eigenvalue weighted by atomic mass is 15.1. The van der Waals surface area contributed by atoms with Gasteiger partial charge in [0.15, 0.2) is 0 Å². The Kier molecular flexibility index (Phi) is 3.39. The molecule has 0 aliphatic carbocycles. The zero-order valence-electron chi connectivity index (χ0n) is 10.1. The van der Waals surface area contributed by atoms with Crippen molar-refractivity contribution in [3.63, 3.8) is 0 Å². The Bertz CT molecular complexity index is 491. The van der Waals surface area contributed by atoms with Crippen molar-refractivity contribution in [1.82, 2.24) is 19.9 Å². The van der Waals surface area contributed by atoms with E-state index in [0.717, 1.165) is 17.9 Å². The molecule has 3 N–H and O–H groups in total. The van der Waals surface area contributed by atoms with Crippen molar-refractivity contribution in [3.05, 3.63) is 42.1 Å². The summed E-state index contributed by atoms with van der Waals surface area (Å²) >= 11 is 0. The monoisotopic (exact) mass is 231 g/mol. The van der Waals surface area contributed by atoms with Gasteiger partial charge in [-0.2, -0.15) is 0 Å². The number of nitrogens with two attached hydrogens (primary N) is 1. The first kappa shape index (κ1) is 11.6. The first-order valence-electron chi connectivity index (χ1n) is 5.65. The SMILES string of the molecule is CCNC(c1cccnc1N)c1nccn1C. The number of rotatable bonds is 4. The van der Waals surface area contributed by atoms with E-state index in [1.54, 1.807) is 12.4 Å². The molecule has 2 rings (SSSR count). The van der Waals surface area contributed by atoms with Crippen LogP contribution in [0.1, 0.15) is 24.4 Å². The number of hydrogen-bond donors (Lipinski definition) is 2. The van der Waals surface area contributed by atoms with Gasteiger partial charge in [-0.15, -0.1) is 0 Å². The number of nitrogens with one attached hydrogen (secondary N) is 1. The largest absolute Gasteiger partial charge is 0.383 e. The number of hydrogen-bond acceptors (Lipinski definition) is 4. The normalized spacial score (nSPS) is 12.6. The number of nitrogen functional groups attached to an aromatic ring is 1. The molecule has 5 nitrogen and oxygen atoms in total. The highest BCUT2D eigenvalue weighted by Gasteiger charge is 2.19. The molecule has 5 heteroatoms. The van der Waals surface area contributed by atoms with Crippen molar-refractivity contribution in [2.75, 3.05) is 12.3 Å². The van der Waals surface area contributed by atoms with Crippen LogP contribution in [0.3, 0.4) is 0 Å². The molecule has 0 aliphatic rings. The first-order chi connectivity index (χ1) is 8.24. The van der Waals surface area contributed by atoms with Crippen molar-refractivity contribution in [2.45, 2.75) is 13.0 Å². The third-order valence-electron chi connectivity index (χ3n) is 2.71. The van der Waals surface area contributed by atoms with E-state index in [9.17, 15) is 0 Å². The number of anilines is 1. The van der Waals surface area contributed by atoms with Gasteiger partial charge in [0.2, 0.25) is 0 Å². The van der Waals surface area contributed by atoms with Crippen molar-refractivity contribution >= 4 is 5.82 Å². The van der Waals surface area contributed by atoms with Crippen LogP contribution in [-0.2, 0) is 7.05 Å². The third-order valence-corrected chi connectivity index (χ3v) is 2.71. The van der Waals surface area contributed by atoms with Crippen LogP contribution in [0.4, 0.5) is 5.82 Å². The summed E-state index contributed by atoms with van der Waals surface area (Å²) in [6, 6.07) is 3.84. The molecule has 0 spiro atoms. The van der Waals surface area contributed by atoms with Crippen molar-refractivity contribution in [1.29, 1.82) is 0 Å². The Labute approximate surface area is 101 Å². The van der Waals surface area contributed by atoms with E-state index in [2.05, 4.69) is 22.2 Å². The number of aromatic nitrogens is 3. The zero-order chi connectivity index (χ0) is 12.3. The number of aryl methyl sites for hydroxylation is 1. The molecule has 2 aromatic heterocycles. The van der Waals surface area contributed by atoms with Crippen LogP contribution in [0.25, 0.3) is 0 Å². The molecule has 0 amide bonds. The van der Waals surface area contributed by atoms with Gasteiger partial charge in [0.05, 0.1) is 6.04 Å². The van der Waals surface area contributed by atoms with Crippen LogP contribution < -0.4 is 11.1 Å². The molecule has 1 unspecified atom stereocenters. The Hall–Kier alpha value is -1.88. The molecule has 17 heavy (non-hydrogen) atoms. The van der Waals surface area contributed by atoms with Gasteiger partial charge in [-0.1, -0.05) is 13.0 Å². The van der Waals surface area contributed by atoms with Crippen molar-refractivity contribution in [3.8, 4) is 0 Å². The highest BCUT2D eigenvalue weighted by molar-refractivity contribution is 5.43. The molecule has 0 fully saturated rings. The van der Waals surface area contributed by atoms with Gasteiger partial charge < -0.3 is 15.6 Å². The fourth-order valence-electron chi connectivity index (χ4n) is 1.87. The summed E-state index contributed by atoms with van der Waals surface area (Å²) in [6.07, 6.45) is 5.40. The van der Waals surface area contributed by atoms with Gasteiger partial charge in [-0.05, 0) is 12.6 Å². The number of pyridine rings is 1. The summed E-state index contributed by atoms with van der Waals surface area (Å²) in [6.45, 7) is 2.90. The minimum absolute atomic E-state index is 0.0197. The molecule has 2 aromatic rings. The smallest absolute Gasteiger partial charge is 0.130 e. The zero-order valence-corrected chi connectivity index (χ0v) is 10.1. The van der Waals surface area contributed by atoms with Gasteiger partial charge in [-0.25, -0.2) is 9.97 Å². The average molecular weight is 231 g/mol. The van der Waals surface area contributed by atoms with Crippen LogP contribution in [0.5, 0.6) is 0 Å². The summed E-state index contributed by atoms with van der Waals surface area (Å²) in [5, 5.41) is 3.38. The molecule has 2 heterocycles. The maximum atomic E-state index is 5.92. The molecule has 0 radical (unpaired) electrons. The topological polar surface area (TPSA) is 68.8 Å². The predicted molar refractivity (Wildman–Crippen MR) is 67.4 cm³/mol. The van der Waals surface area contributed by atoms with Gasteiger partial charge in [0.25, 0.3) is 0 Å². The standard InChI is InChI=1S/C12H17N5/c1-3-14-10(12-16-7-8-17(12)2)9-5-4-6-15-11(9)13/h4-8,10,14H,3H2,1-2H3,(H2,13,15). The van der Waals surface area contributed by atoms with Crippen molar-refractivity contribution in [2.24, 2.45) is 7.05 Å². The third kappa shape index (κ3) is 2.29. The van der Waals surface area contributed by atoms with E-state index in [1.807, 2.05) is 29.9 Å². The second kappa shape index (κ2) is 4.97. The molecule has 0 saturated carbocycles. The molecule has 1 atom stereocenters. The predicted octanol–water partition coefficient (Wildman–Crippen LogP) is 1.10. The fraction of sp³-hybridized carbons (Fsp3) is 0.333. The van der Waals surface area contributed by atoms with Crippen LogP contribution in [0.2, 0.25) is 0 Å². The number of nitrogens with zero attached hydrogens (tertiary/aromatic N) is 3. The van der Waals surface area contributed by atoms with Gasteiger partial charge >= 0.3 is 0 Å². The lowest BCUT2D eigenvalue weighted by molar-refractivity contribution is 0.577. The summed E-state index contributed by atoms with van der Waals surface area (Å²) in [4.78, 5) is 8.49. The Morgan fingerprint density at radius 3 is 2.82 bits per heavy atom. The molecular weight excluding hydrogens is 214 g/mol. The van der Waals surface area contributed by atoms with Crippen molar-refractivity contribution < 1.29 is 0 Å². The molecular formula is C12H17N5. The lowest BCUT2D eigenvalue weighted by atomic mass is 10.1. The lowest BCUT2D eigenvalue weighted by Crippen LogP contribution is -2.25. The Balaban J connectivity index is 2.43. The van der Waals surface area contributed by atoms with Crippen LogP contribution >= 0.6 is 0 Å².